The molecule has 1 heteroatoms. The smallest absolute Gasteiger partial charge is 0.0991 e. The Morgan fingerprint density at radius 3 is 2.25 bits per heavy atom. The highest BCUT2D eigenvalue weighted by molar-refractivity contribution is 5.43. The van der Waals surface area contributed by atoms with Crippen molar-refractivity contribution in [2.45, 2.75) is 73.1 Å². The fourth-order valence-electron chi connectivity index (χ4n) is 2.78. The van der Waals surface area contributed by atoms with Crippen molar-refractivity contribution in [2.24, 2.45) is 5.92 Å². The average molecular weight is 273 g/mol. The van der Waals surface area contributed by atoms with Crippen LogP contribution < -0.4 is 0 Å². The molecule has 20 heavy (non-hydrogen) atoms. The molecule has 1 aliphatic rings. The first kappa shape index (κ1) is 18.7. The summed E-state index contributed by atoms with van der Waals surface area (Å²) in [7, 11) is 0. The molecule has 2 rings (SSSR count). The highest BCUT2D eigenvalue weighted by Gasteiger charge is 2.34. The van der Waals surface area contributed by atoms with Crippen molar-refractivity contribution in [3.05, 3.63) is 34.9 Å². The van der Waals surface area contributed by atoms with Crippen molar-refractivity contribution < 1.29 is 0 Å². The van der Waals surface area contributed by atoms with Crippen LogP contribution in [0, 0.1) is 17.2 Å². The Balaban J connectivity index is 0.000000829. The molecule has 0 aromatic heterocycles. The van der Waals surface area contributed by atoms with Crippen LogP contribution in [0.2, 0.25) is 0 Å². The van der Waals surface area contributed by atoms with Gasteiger partial charge in [0, 0.05) is 0 Å². The van der Waals surface area contributed by atoms with Crippen molar-refractivity contribution in [2.75, 3.05) is 0 Å². The number of nitrogens with zero attached hydrogens (tertiary/aromatic N) is 1. The predicted molar refractivity (Wildman–Crippen MR) is 89.0 cm³/mol. The van der Waals surface area contributed by atoms with Crippen LogP contribution in [0.1, 0.15) is 78.0 Å². The Bertz CT molecular complexity index is 440. The highest BCUT2D eigenvalue weighted by Crippen LogP contribution is 2.42. The van der Waals surface area contributed by atoms with Crippen molar-refractivity contribution in [1.82, 2.24) is 0 Å². The van der Waals surface area contributed by atoms with Crippen LogP contribution in [0.5, 0.6) is 0 Å². The second-order valence-corrected chi connectivity index (χ2v) is 5.41. The van der Waals surface area contributed by atoms with E-state index in [1.54, 1.807) is 0 Å². The number of fused-ring (bicyclic) bond motifs is 1. The highest BCUT2D eigenvalue weighted by atomic mass is 14.4. The fraction of sp³-hybridized carbons (Fsp3) is 0.632. The van der Waals surface area contributed by atoms with Crippen molar-refractivity contribution in [1.29, 1.82) is 5.26 Å². The molecule has 0 amide bonds. The molecule has 1 aliphatic carbocycles. The lowest BCUT2D eigenvalue weighted by molar-refractivity contribution is 0.290. The molecule has 0 aliphatic heterocycles. The summed E-state index contributed by atoms with van der Waals surface area (Å²) in [6.07, 6.45) is 3.68. The van der Waals surface area contributed by atoms with E-state index in [0.717, 1.165) is 5.56 Å². The Hall–Kier alpha value is -1.29. The van der Waals surface area contributed by atoms with Crippen LogP contribution in [0.25, 0.3) is 0 Å². The number of hydrogen-bond donors (Lipinski definition) is 0. The third kappa shape index (κ3) is 3.85. The fourth-order valence-corrected chi connectivity index (χ4v) is 2.78. The third-order valence-electron chi connectivity index (χ3n) is 4.27. The van der Waals surface area contributed by atoms with E-state index in [-0.39, 0.29) is 5.41 Å². The lowest BCUT2D eigenvalue weighted by atomic mass is 9.65. The second-order valence-electron chi connectivity index (χ2n) is 5.41. The second kappa shape index (κ2) is 8.80. The SMILES string of the molecule is CC.CC.CC(C)C1(C)CCCc2ccc(C#N)cc21. The Morgan fingerprint density at radius 1 is 1.15 bits per heavy atom. The Kier molecular flexibility index (Phi) is 8.23. The molecule has 0 saturated carbocycles. The molecule has 1 unspecified atom stereocenters. The number of rotatable bonds is 1. The van der Waals surface area contributed by atoms with E-state index >= 15 is 0 Å². The summed E-state index contributed by atoms with van der Waals surface area (Å²) in [4.78, 5) is 0. The summed E-state index contributed by atoms with van der Waals surface area (Å²) in [6.45, 7) is 14.9. The minimum absolute atomic E-state index is 0.250. The molecule has 0 bridgehead atoms. The summed E-state index contributed by atoms with van der Waals surface area (Å²) in [5.41, 5.74) is 3.90. The third-order valence-corrected chi connectivity index (χ3v) is 4.27. The van der Waals surface area contributed by atoms with Crippen molar-refractivity contribution in [3.63, 3.8) is 0 Å². The van der Waals surface area contributed by atoms with Gasteiger partial charge in [-0.2, -0.15) is 5.26 Å². The number of benzene rings is 1. The molecule has 0 radical (unpaired) electrons. The Morgan fingerprint density at radius 2 is 1.75 bits per heavy atom. The molecule has 0 heterocycles. The lowest BCUT2D eigenvalue weighted by Gasteiger charge is -2.39. The largest absolute Gasteiger partial charge is 0.192 e. The van der Waals surface area contributed by atoms with Gasteiger partial charge in [0.1, 0.15) is 0 Å². The molecule has 1 nitrogen and oxygen atoms in total. The molecule has 1 aromatic carbocycles. The molecule has 112 valence electrons. The van der Waals surface area contributed by atoms with E-state index in [1.165, 1.54) is 30.4 Å². The normalized spacial score (nSPS) is 19.8. The summed E-state index contributed by atoms with van der Waals surface area (Å²) in [6, 6.07) is 8.46. The van der Waals surface area contributed by atoms with E-state index < -0.39 is 0 Å². The van der Waals surface area contributed by atoms with E-state index in [2.05, 4.69) is 39.0 Å². The van der Waals surface area contributed by atoms with Crippen LogP contribution in [-0.2, 0) is 11.8 Å². The average Bonchev–Trinajstić information content (AvgIpc) is 2.51. The zero-order valence-electron chi connectivity index (χ0n) is 14.4. The maximum Gasteiger partial charge on any atom is 0.0991 e. The van der Waals surface area contributed by atoms with Gasteiger partial charge in [-0.25, -0.2) is 0 Å². The van der Waals surface area contributed by atoms with Crippen LogP contribution in [0.4, 0.5) is 0 Å². The number of nitriles is 1. The van der Waals surface area contributed by atoms with Gasteiger partial charge in [-0.05, 0) is 53.9 Å². The standard InChI is InChI=1S/C15H19N.2C2H6/c1-11(2)15(3)8-4-5-13-7-6-12(10-16)9-14(13)15;2*1-2/h6-7,9,11H,4-5,8H2,1-3H3;2*1-2H3. The quantitative estimate of drug-likeness (QED) is 0.628. The van der Waals surface area contributed by atoms with Gasteiger partial charge in [0.15, 0.2) is 0 Å². The first-order valence-electron chi connectivity index (χ1n) is 8.11. The zero-order valence-corrected chi connectivity index (χ0v) is 14.4. The molecule has 0 fully saturated rings. The molecular formula is C19H31N. The predicted octanol–water partition coefficient (Wildman–Crippen LogP) is 5.86. The summed E-state index contributed by atoms with van der Waals surface area (Å²) in [5.74, 6) is 0.625. The summed E-state index contributed by atoms with van der Waals surface area (Å²) in [5, 5.41) is 9.00. The van der Waals surface area contributed by atoms with E-state index in [1.807, 2.05) is 33.8 Å². The van der Waals surface area contributed by atoms with Crippen LogP contribution in [0.15, 0.2) is 18.2 Å². The maximum atomic E-state index is 9.00. The van der Waals surface area contributed by atoms with Crippen molar-refractivity contribution in [3.8, 4) is 6.07 Å². The molecular weight excluding hydrogens is 242 g/mol. The van der Waals surface area contributed by atoms with Crippen molar-refractivity contribution >= 4 is 0 Å². The minimum atomic E-state index is 0.250. The van der Waals surface area contributed by atoms with Gasteiger partial charge < -0.3 is 0 Å². The number of hydrogen-bond acceptors (Lipinski definition) is 1. The zero-order chi connectivity index (χ0) is 15.8. The van der Waals surface area contributed by atoms with Gasteiger partial charge in [0.05, 0.1) is 11.6 Å². The van der Waals surface area contributed by atoms with Gasteiger partial charge in [0.2, 0.25) is 0 Å². The van der Waals surface area contributed by atoms with Gasteiger partial charge >= 0.3 is 0 Å². The van der Waals surface area contributed by atoms with Gasteiger partial charge in [0.25, 0.3) is 0 Å². The van der Waals surface area contributed by atoms with Gasteiger partial charge in [-0.15, -0.1) is 0 Å². The minimum Gasteiger partial charge on any atom is -0.192 e. The first-order chi connectivity index (χ1) is 9.58. The molecule has 1 aromatic rings. The van der Waals surface area contributed by atoms with Crippen LogP contribution >= 0.6 is 0 Å². The van der Waals surface area contributed by atoms with E-state index in [4.69, 9.17) is 5.26 Å². The summed E-state index contributed by atoms with van der Waals surface area (Å²) < 4.78 is 0. The van der Waals surface area contributed by atoms with Gasteiger partial charge in [-0.1, -0.05) is 54.5 Å². The maximum absolute atomic E-state index is 9.00. The first-order valence-corrected chi connectivity index (χ1v) is 8.11. The van der Waals surface area contributed by atoms with E-state index in [9.17, 15) is 0 Å². The monoisotopic (exact) mass is 273 g/mol. The molecule has 1 atom stereocenters. The van der Waals surface area contributed by atoms with E-state index in [0.29, 0.717) is 5.92 Å². The Labute approximate surface area is 126 Å². The topological polar surface area (TPSA) is 23.8 Å². The lowest BCUT2D eigenvalue weighted by Crippen LogP contribution is -2.33. The van der Waals surface area contributed by atoms with Gasteiger partial charge in [-0.3, -0.25) is 0 Å². The van der Waals surface area contributed by atoms with Crippen LogP contribution in [0.3, 0.4) is 0 Å². The molecule has 0 spiro atoms. The molecule has 0 N–H and O–H groups in total. The van der Waals surface area contributed by atoms with Crippen LogP contribution in [-0.4, -0.2) is 0 Å². The summed E-state index contributed by atoms with van der Waals surface area (Å²) >= 11 is 0. The number of aryl methyl sites for hydroxylation is 1. The molecule has 0 saturated heterocycles.